The summed E-state index contributed by atoms with van der Waals surface area (Å²) in [6, 6.07) is 4.95. The van der Waals surface area contributed by atoms with Gasteiger partial charge < -0.3 is 5.73 Å². The second-order valence-corrected chi connectivity index (χ2v) is 5.82. The highest BCUT2D eigenvalue weighted by atomic mass is 32.1. The van der Waals surface area contributed by atoms with Crippen LogP contribution >= 0.6 is 11.3 Å². The van der Waals surface area contributed by atoms with Crippen LogP contribution in [0.3, 0.4) is 0 Å². The van der Waals surface area contributed by atoms with Crippen LogP contribution in [0.1, 0.15) is 35.0 Å². The number of hydrogen-bond acceptors (Lipinski definition) is 3. The molecule has 94 valence electrons. The molecule has 1 aliphatic carbocycles. The van der Waals surface area contributed by atoms with Gasteiger partial charge in [-0.1, -0.05) is 6.07 Å². The lowest BCUT2D eigenvalue weighted by molar-refractivity contribution is 0.573. The van der Waals surface area contributed by atoms with Crippen molar-refractivity contribution in [2.45, 2.75) is 32.2 Å². The van der Waals surface area contributed by atoms with Crippen molar-refractivity contribution in [2.24, 2.45) is 5.73 Å². The summed E-state index contributed by atoms with van der Waals surface area (Å²) in [7, 11) is 0. The molecule has 1 aromatic carbocycles. The predicted molar refractivity (Wildman–Crippen MR) is 72.1 cm³/mol. The highest BCUT2D eigenvalue weighted by molar-refractivity contribution is 7.15. The van der Waals surface area contributed by atoms with Crippen molar-refractivity contribution in [1.82, 2.24) is 4.98 Å². The summed E-state index contributed by atoms with van der Waals surface area (Å²) in [4.78, 5) is 5.83. The Kier molecular flexibility index (Phi) is 2.92. The summed E-state index contributed by atoms with van der Waals surface area (Å²) in [6.07, 6.45) is 3.12. The standard InChI is InChI=1S/C14H15FN2S/c1-8-5-6-9(15)7-10(8)14-17-12-4-2-3-11(16)13(12)18-14/h5-7,11H,2-4,16H2,1H3. The maximum absolute atomic E-state index is 13.3. The van der Waals surface area contributed by atoms with Crippen molar-refractivity contribution in [3.05, 3.63) is 40.2 Å². The highest BCUT2D eigenvalue weighted by Crippen LogP contribution is 2.37. The molecule has 0 fully saturated rings. The lowest BCUT2D eigenvalue weighted by Gasteiger charge is -2.15. The zero-order chi connectivity index (χ0) is 12.7. The first-order chi connectivity index (χ1) is 8.65. The van der Waals surface area contributed by atoms with E-state index in [0.29, 0.717) is 0 Å². The second kappa shape index (κ2) is 4.44. The van der Waals surface area contributed by atoms with Crippen LogP contribution in [0.5, 0.6) is 0 Å². The number of benzene rings is 1. The van der Waals surface area contributed by atoms with E-state index in [-0.39, 0.29) is 11.9 Å². The van der Waals surface area contributed by atoms with Crippen LogP contribution < -0.4 is 5.73 Å². The topological polar surface area (TPSA) is 38.9 Å². The summed E-state index contributed by atoms with van der Waals surface area (Å²) in [5.41, 5.74) is 9.15. The van der Waals surface area contributed by atoms with Crippen LogP contribution in [-0.4, -0.2) is 4.98 Å². The first-order valence-electron chi connectivity index (χ1n) is 6.17. The quantitative estimate of drug-likeness (QED) is 0.853. The van der Waals surface area contributed by atoms with Gasteiger partial charge in [0.05, 0.1) is 5.69 Å². The van der Waals surface area contributed by atoms with E-state index in [1.54, 1.807) is 23.5 Å². The first-order valence-corrected chi connectivity index (χ1v) is 6.98. The molecule has 0 aliphatic heterocycles. The normalized spacial score (nSPS) is 18.7. The Bertz CT molecular complexity index is 591. The number of nitrogens with two attached hydrogens (primary N) is 1. The molecule has 0 saturated carbocycles. The van der Waals surface area contributed by atoms with Gasteiger partial charge in [0, 0.05) is 16.5 Å². The van der Waals surface area contributed by atoms with Gasteiger partial charge >= 0.3 is 0 Å². The minimum atomic E-state index is -0.215. The Morgan fingerprint density at radius 2 is 2.28 bits per heavy atom. The zero-order valence-electron chi connectivity index (χ0n) is 10.2. The second-order valence-electron chi connectivity index (χ2n) is 4.79. The minimum Gasteiger partial charge on any atom is -0.323 e. The van der Waals surface area contributed by atoms with Gasteiger partial charge in [0.1, 0.15) is 10.8 Å². The average Bonchev–Trinajstić information content (AvgIpc) is 2.77. The Morgan fingerprint density at radius 3 is 3.06 bits per heavy atom. The Hall–Kier alpha value is -1.26. The first kappa shape index (κ1) is 11.8. The Balaban J connectivity index is 2.10. The fraction of sp³-hybridized carbons (Fsp3) is 0.357. The summed E-state index contributed by atoms with van der Waals surface area (Å²) < 4.78 is 13.3. The molecule has 0 bridgehead atoms. The number of thiazole rings is 1. The van der Waals surface area contributed by atoms with Gasteiger partial charge in [-0.15, -0.1) is 11.3 Å². The summed E-state index contributed by atoms with van der Waals surface area (Å²) in [5.74, 6) is -0.215. The molecule has 0 radical (unpaired) electrons. The number of aryl methyl sites for hydroxylation is 2. The molecule has 4 heteroatoms. The fourth-order valence-electron chi connectivity index (χ4n) is 2.39. The molecule has 1 aromatic heterocycles. The van der Waals surface area contributed by atoms with Crippen molar-refractivity contribution in [3.8, 4) is 10.6 Å². The predicted octanol–water partition coefficient (Wildman–Crippen LogP) is 3.59. The number of hydrogen-bond donors (Lipinski definition) is 1. The lowest BCUT2D eigenvalue weighted by Crippen LogP contribution is -2.15. The van der Waals surface area contributed by atoms with Gasteiger partial charge in [-0.3, -0.25) is 0 Å². The summed E-state index contributed by atoms with van der Waals surface area (Å²) in [5, 5.41) is 0.898. The molecule has 1 heterocycles. The van der Waals surface area contributed by atoms with Gasteiger partial charge in [0.2, 0.25) is 0 Å². The molecule has 1 aliphatic rings. The molecule has 0 spiro atoms. The third-order valence-electron chi connectivity index (χ3n) is 3.42. The zero-order valence-corrected chi connectivity index (χ0v) is 11.1. The van der Waals surface area contributed by atoms with E-state index < -0.39 is 0 Å². The van der Waals surface area contributed by atoms with Crippen LogP contribution in [0, 0.1) is 12.7 Å². The fourth-order valence-corrected chi connectivity index (χ4v) is 3.62. The van der Waals surface area contributed by atoms with E-state index in [0.717, 1.165) is 41.1 Å². The van der Waals surface area contributed by atoms with Crippen LogP contribution in [0.15, 0.2) is 18.2 Å². The molecule has 0 amide bonds. The number of aromatic nitrogens is 1. The minimum absolute atomic E-state index is 0.105. The lowest BCUT2D eigenvalue weighted by atomic mass is 9.99. The highest BCUT2D eigenvalue weighted by Gasteiger charge is 2.22. The summed E-state index contributed by atoms with van der Waals surface area (Å²) >= 11 is 1.62. The van der Waals surface area contributed by atoms with Crippen molar-refractivity contribution in [3.63, 3.8) is 0 Å². The van der Waals surface area contributed by atoms with E-state index in [1.165, 1.54) is 10.9 Å². The Labute approximate surface area is 110 Å². The maximum Gasteiger partial charge on any atom is 0.124 e. The molecule has 2 N–H and O–H groups in total. The van der Waals surface area contributed by atoms with Crippen LogP contribution in [-0.2, 0) is 6.42 Å². The largest absolute Gasteiger partial charge is 0.323 e. The van der Waals surface area contributed by atoms with E-state index in [4.69, 9.17) is 5.73 Å². The van der Waals surface area contributed by atoms with Crippen LogP contribution in [0.25, 0.3) is 10.6 Å². The molecule has 2 nitrogen and oxygen atoms in total. The Morgan fingerprint density at radius 1 is 1.44 bits per heavy atom. The van der Waals surface area contributed by atoms with Crippen molar-refractivity contribution in [1.29, 1.82) is 0 Å². The molecule has 1 unspecified atom stereocenters. The molecule has 1 atom stereocenters. The van der Waals surface area contributed by atoms with Crippen LogP contribution in [0.2, 0.25) is 0 Å². The van der Waals surface area contributed by atoms with Crippen molar-refractivity contribution >= 4 is 11.3 Å². The average molecular weight is 262 g/mol. The van der Waals surface area contributed by atoms with Crippen LogP contribution in [0.4, 0.5) is 4.39 Å². The maximum atomic E-state index is 13.3. The van der Waals surface area contributed by atoms with Gasteiger partial charge in [-0.05, 0) is 43.9 Å². The third-order valence-corrected chi connectivity index (χ3v) is 4.69. The molecule has 18 heavy (non-hydrogen) atoms. The van der Waals surface area contributed by atoms with E-state index in [1.807, 2.05) is 6.92 Å². The molecule has 2 aromatic rings. The number of fused-ring (bicyclic) bond motifs is 1. The molecular weight excluding hydrogens is 247 g/mol. The van der Waals surface area contributed by atoms with Gasteiger partial charge in [0.25, 0.3) is 0 Å². The molecule has 0 saturated heterocycles. The molecular formula is C14H15FN2S. The van der Waals surface area contributed by atoms with Crippen molar-refractivity contribution in [2.75, 3.05) is 0 Å². The monoisotopic (exact) mass is 262 g/mol. The summed E-state index contributed by atoms with van der Waals surface area (Å²) in [6.45, 7) is 1.98. The van der Waals surface area contributed by atoms with E-state index >= 15 is 0 Å². The number of rotatable bonds is 1. The van der Waals surface area contributed by atoms with E-state index in [2.05, 4.69) is 4.98 Å². The third kappa shape index (κ3) is 1.95. The number of halogens is 1. The SMILES string of the molecule is Cc1ccc(F)cc1-c1nc2c(s1)C(N)CCC2. The smallest absolute Gasteiger partial charge is 0.124 e. The molecule has 3 rings (SSSR count). The van der Waals surface area contributed by atoms with Gasteiger partial charge in [-0.2, -0.15) is 0 Å². The number of nitrogens with zero attached hydrogens (tertiary/aromatic N) is 1. The van der Waals surface area contributed by atoms with Gasteiger partial charge in [0.15, 0.2) is 0 Å². The van der Waals surface area contributed by atoms with Gasteiger partial charge in [-0.25, -0.2) is 9.37 Å². The van der Waals surface area contributed by atoms with Crippen molar-refractivity contribution < 1.29 is 4.39 Å². The van der Waals surface area contributed by atoms with E-state index in [9.17, 15) is 4.39 Å².